The van der Waals surface area contributed by atoms with E-state index >= 15 is 0 Å². The lowest BCUT2D eigenvalue weighted by Crippen LogP contribution is -2.45. The number of carbonyl (C=O) groups excluding carboxylic acids is 1. The molecule has 0 spiro atoms. The Balaban J connectivity index is 1.27. The quantitative estimate of drug-likeness (QED) is 0.339. The van der Waals surface area contributed by atoms with Crippen LogP contribution in [0, 0.1) is 5.92 Å². The van der Waals surface area contributed by atoms with Gasteiger partial charge >= 0.3 is 0 Å². The third-order valence-corrected chi connectivity index (χ3v) is 6.34. The average Bonchev–Trinajstić information content (AvgIpc) is 3.44. The Bertz CT molecular complexity index is 935. The van der Waals surface area contributed by atoms with Gasteiger partial charge in [-0.2, -0.15) is 5.10 Å². The van der Waals surface area contributed by atoms with Crippen LogP contribution in [0.4, 0.5) is 5.82 Å². The van der Waals surface area contributed by atoms with Gasteiger partial charge in [-0.25, -0.2) is 9.97 Å². The maximum absolute atomic E-state index is 12.8. The molecule has 174 valence electrons. The van der Waals surface area contributed by atoms with Crippen LogP contribution in [0.25, 0.3) is 11.0 Å². The van der Waals surface area contributed by atoms with Crippen LogP contribution in [0.1, 0.15) is 45.4 Å². The van der Waals surface area contributed by atoms with Crippen molar-refractivity contribution in [3.63, 3.8) is 0 Å². The smallest absolute Gasteiger partial charge is 0.225 e. The van der Waals surface area contributed by atoms with Crippen LogP contribution < -0.4 is 16.0 Å². The zero-order chi connectivity index (χ0) is 22.3. The van der Waals surface area contributed by atoms with Crippen molar-refractivity contribution >= 4 is 28.7 Å². The highest BCUT2D eigenvalue weighted by Gasteiger charge is 2.31. The molecule has 0 bridgehead atoms. The number of hydrogen-bond acceptors (Lipinski definition) is 6. The lowest BCUT2D eigenvalue weighted by molar-refractivity contribution is -0.135. The van der Waals surface area contributed by atoms with Gasteiger partial charge in [-0.3, -0.25) is 14.5 Å². The number of rotatable bonds is 7. The summed E-state index contributed by atoms with van der Waals surface area (Å²) in [6.45, 7) is 5.69. The van der Waals surface area contributed by atoms with Crippen molar-refractivity contribution in [2.24, 2.45) is 18.0 Å². The third-order valence-electron chi connectivity index (χ3n) is 6.34. The number of nitrogens with zero attached hydrogens (tertiary/aromatic N) is 6. The maximum Gasteiger partial charge on any atom is 0.225 e. The van der Waals surface area contributed by atoms with Crippen LogP contribution in [0.15, 0.2) is 17.5 Å². The number of nitrogens with one attached hydrogen (secondary N) is 3. The minimum Gasteiger partial charge on any atom is -0.367 e. The fraction of sp³-hybridized carbons (Fsp3) is 0.682. The van der Waals surface area contributed by atoms with Gasteiger partial charge in [0.15, 0.2) is 11.6 Å². The first-order valence-corrected chi connectivity index (χ1v) is 11.9. The molecule has 10 heteroatoms. The van der Waals surface area contributed by atoms with Crippen LogP contribution in [-0.2, 0) is 11.8 Å². The summed E-state index contributed by atoms with van der Waals surface area (Å²) in [6, 6.07) is 0.241. The van der Waals surface area contributed by atoms with E-state index in [1.165, 1.54) is 19.3 Å². The molecule has 3 N–H and O–H groups in total. The van der Waals surface area contributed by atoms with Gasteiger partial charge in [0.25, 0.3) is 0 Å². The molecule has 2 aliphatic rings. The first kappa shape index (κ1) is 22.3. The Labute approximate surface area is 189 Å². The van der Waals surface area contributed by atoms with E-state index in [4.69, 9.17) is 4.99 Å². The number of hydrogen-bond donors (Lipinski definition) is 3. The number of likely N-dealkylation sites (tertiary alicyclic amines) is 1. The van der Waals surface area contributed by atoms with Gasteiger partial charge in [0.2, 0.25) is 5.91 Å². The molecular weight excluding hydrogens is 406 g/mol. The van der Waals surface area contributed by atoms with E-state index in [-0.39, 0.29) is 12.0 Å². The number of aliphatic imine (C=N–C) groups is 1. The topological polar surface area (TPSA) is 112 Å². The van der Waals surface area contributed by atoms with E-state index in [0.717, 1.165) is 61.7 Å². The normalized spacial score (nSPS) is 20.0. The van der Waals surface area contributed by atoms with Crippen molar-refractivity contribution < 1.29 is 4.79 Å². The predicted molar refractivity (Wildman–Crippen MR) is 125 cm³/mol. The van der Waals surface area contributed by atoms with Crippen molar-refractivity contribution in [2.75, 3.05) is 38.0 Å². The van der Waals surface area contributed by atoms with Gasteiger partial charge in [0.05, 0.1) is 18.1 Å². The summed E-state index contributed by atoms with van der Waals surface area (Å²) in [4.78, 5) is 28.2. The third kappa shape index (κ3) is 5.28. The Kier molecular flexibility index (Phi) is 7.39. The molecule has 3 heterocycles. The summed E-state index contributed by atoms with van der Waals surface area (Å²) in [5, 5.41) is 15.3. The van der Waals surface area contributed by atoms with Crippen molar-refractivity contribution in [3.05, 3.63) is 12.5 Å². The summed E-state index contributed by atoms with van der Waals surface area (Å²) in [6.07, 6.45) is 10.0. The zero-order valence-corrected chi connectivity index (χ0v) is 19.2. The van der Waals surface area contributed by atoms with Crippen molar-refractivity contribution in [1.82, 2.24) is 35.3 Å². The molecule has 32 heavy (non-hydrogen) atoms. The van der Waals surface area contributed by atoms with Gasteiger partial charge in [0, 0.05) is 45.2 Å². The first-order valence-electron chi connectivity index (χ1n) is 11.9. The number of aryl methyl sites for hydroxylation is 1. The van der Waals surface area contributed by atoms with Crippen LogP contribution in [0.5, 0.6) is 0 Å². The fourth-order valence-electron chi connectivity index (χ4n) is 4.64. The Morgan fingerprint density at radius 3 is 2.88 bits per heavy atom. The second kappa shape index (κ2) is 10.6. The molecular formula is C22H35N9O. The largest absolute Gasteiger partial charge is 0.367 e. The highest BCUT2D eigenvalue weighted by molar-refractivity contribution is 5.86. The number of aromatic nitrogens is 4. The molecule has 1 aliphatic carbocycles. The Morgan fingerprint density at radius 2 is 2.06 bits per heavy atom. The van der Waals surface area contributed by atoms with Gasteiger partial charge in [-0.1, -0.05) is 19.3 Å². The number of guanidine groups is 1. The zero-order valence-electron chi connectivity index (χ0n) is 19.2. The molecule has 2 fully saturated rings. The van der Waals surface area contributed by atoms with E-state index in [1.807, 2.05) is 11.9 Å². The Hall–Kier alpha value is -2.91. The molecule has 1 unspecified atom stereocenters. The highest BCUT2D eigenvalue weighted by Crippen LogP contribution is 2.26. The van der Waals surface area contributed by atoms with Gasteiger partial charge < -0.3 is 20.9 Å². The summed E-state index contributed by atoms with van der Waals surface area (Å²) in [5.41, 5.74) is 0.801. The van der Waals surface area contributed by atoms with Gasteiger partial charge in [0.1, 0.15) is 12.1 Å². The SMILES string of the molecule is CCNC(=NCCNc1ncnc2c1cnn2C)NC1CCN(C(=O)C2CCCCC2)C1. The molecule has 1 aliphatic heterocycles. The van der Waals surface area contributed by atoms with Gasteiger partial charge in [-0.05, 0) is 26.2 Å². The highest BCUT2D eigenvalue weighted by atomic mass is 16.2. The maximum atomic E-state index is 12.8. The molecule has 2 aromatic rings. The predicted octanol–water partition coefficient (Wildman–Crippen LogP) is 1.51. The number of anilines is 1. The van der Waals surface area contributed by atoms with Crippen molar-refractivity contribution in [1.29, 1.82) is 0 Å². The Morgan fingerprint density at radius 1 is 1.22 bits per heavy atom. The van der Waals surface area contributed by atoms with Crippen molar-refractivity contribution in [2.45, 2.75) is 51.5 Å². The van der Waals surface area contributed by atoms with Crippen LogP contribution in [0.3, 0.4) is 0 Å². The minimum absolute atomic E-state index is 0.239. The lowest BCUT2D eigenvalue weighted by Gasteiger charge is -2.26. The number of amides is 1. The molecule has 1 amide bonds. The van der Waals surface area contributed by atoms with E-state index in [2.05, 4.69) is 37.9 Å². The monoisotopic (exact) mass is 441 g/mol. The number of fused-ring (bicyclic) bond motifs is 1. The molecule has 4 rings (SSSR count). The fourth-order valence-corrected chi connectivity index (χ4v) is 4.64. The lowest BCUT2D eigenvalue weighted by atomic mass is 9.88. The second-order valence-corrected chi connectivity index (χ2v) is 8.66. The summed E-state index contributed by atoms with van der Waals surface area (Å²) < 4.78 is 1.73. The van der Waals surface area contributed by atoms with E-state index in [1.54, 1.807) is 17.2 Å². The standard InChI is InChI=1S/C22H35N9O/c1-3-23-22(25-11-10-24-19-18-13-28-30(2)20(18)27-15-26-19)29-17-9-12-31(14-17)21(32)16-7-5-4-6-8-16/h13,15-17H,3-12,14H2,1-2H3,(H2,23,25,29)(H,24,26,27). The summed E-state index contributed by atoms with van der Waals surface area (Å²) >= 11 is 0. The van der Waals surface area contributed by atoms with Crippen molar-refractivity contribution in [3.8, 4) is 0 Å². The number of carbonyl (C=O) groups is 1. The van der Waals surface area contributed by atoms with E-state index in [0.29, 0.717) is 19.0 Å². The van der Waals surface area contributed by atoms with Gasteiger partial charge in [-0.15, -0.1) is 0 Å². The van der Waals surface area contributed by atoms with Crippen LogP contribution >= 0.6 is 0 Å². The first-order chi connectivity index (χ1) is 15.7. The molecule has 0 aromatic carbocycles. The molecule has 1 saturated heterocycles. The molecule has 10 nitrogen and oxygen atoms in total. The van der Waals surface area contributed by atoms with E-state index in [9.17, 15) is 4.79 Å². The molecule has 0 radical (unpaired) electrons. The van der Waals surface area contributed by atoms with Crippen LogP contribution in [0.2, 0.25) is 0 Å². The molecule has 2 aromatic heterocycles. The average molecular weight is 442 g/mol. The molecule has 1 saturated carbocycles. The van der Waals surface area contributed by atoms with Crippen LogP contribution in [-0.4, -0.2) is 75.3 Å². The second-order valence-electron chi connectivity index (χ2n) is 8.66. The minimum atomic E-state index is 0.239. The molecule has 1 atom stereocenters. The summed E-state index contributed by atoms with van der Waals surface area (Å²) in [7, 11) is 1.87. The summed E-state index contributed by atoms with van der Waals surface area (Å²) in [5.74, 6) is 2.15. The van der Waals surface area contributed by atoms with E-state index < -0.39 is 0 Å².